The Balaban J connectivity index is 1.81. The standard InChI is InChI=1S/C21H21BrClN5/c1-13-11-28(12-14(2)24-13)21-19(15-3-7-17(22)8-4-15)26-27-20(25-21)16-5-9-18(23)10-6-16/h3-10,13-14,24H,11-12H2,1-2H3/p+1/t13-,14-/m1/s1. The van der Waals surface area contributed by atoms with Gasteiger partial charge in [0.15, 0.2) is 11.6 Å². The Labute approximate surface area is 178 Å². The number of piperazine rings is 1. The lowest BCUT2D eigenvalue weighted by Crippen LogP contribution is -2.99. The zero-order valence-corrected chi connectivity index (χ0v) is 18.2. The van der Waals surface area contributed by atoms with Gasteiger partial charge in [-0.1, -0.05) is 39.7 Å². The zero-order valence-electron chi connectivity index (χ0n) is 15.8. The first-order valence-corrected chi connectivity index (χ1v) is 10.5. The van der Waals surface area contributed by atoms with Crippen molar-refractivity contribution in [1.82, 2.24) is 15.2 Å². The largest absolute Gasteiger partial charge is 0.343 e. The van der Waals surface area contributed by atoms with Crippen LogP contribution in [0.25, 0.3) is 22.6 Å². The minimum atomic E-state index is 0.496. The predicted octanol–water partition coefficient (Wildman–Crippen LogP) is 3.78. The van der Waals surface area contributed by atoms with Crippen molar-refractivity contribution in [2.24, 2.45) is 0 Å². The number of rotatable bonds is 3. The molecule has 2 aromatic carbocycles. The van der Waals surface area contributed by atoms with Gasteiger partial charge in [-0.3, -0.25) is 0 Å². The first-order valence-electron chi connectivity index (χ1n) is 9.36. The lowest BCUT2D eigenvalue weighted by Gasteiger charge is -2.34. The predicted molar refractivity (Wildman–Crippen MR) is 116 cm³/mol. The van der Waals surface area contributed by atoms with Crippen LogP contribution in [0.3, 0.4) is 0 Å². The van der Waals surface area contributed by atoms with Gasteiger partial charge in [0.1, 0.15) is 17.8 Å². The monoisotopic (exact) mass is 458 g/mol. The maximum atomic E-state index is 6.03. The van der Waals surface area contributed by atoms with Crippen LogP contribution >= 0.6 is 27.5 Å². The summed E-state index contributed by atoms with van der Waals surface area (Å²) in [5, 5.41) is 12.1. The highest BCUT2D eigenvalue weighted by Gasteiger charge is 2.28. The number of hydrogen-bond acceptors (Lipinski definition) is 4. The molecule has 2 atom stereocenters. The molecule has 0 unspecified atom stereocenters. The van der Waals surface area contributed by atoms with Gasteiger partial charge in [-0.2, -0.15) is 0 Å². The average molecular weight is 460 g/mol. The Kier molecular flexibility index (Phi) is 5.62. The van der Waals surface area contributed by atoms with Gasteiger partial charge in [0.05, 0.1) is 13.1 Å². The summed E-state index contributed by atoms with van der Waals surface area (Å²) >= 11 is 9.53. The van der Waals surface area contributed by atoms with Gasteiger partial charge >= 0.3 is 0 Å². The van der Waals surface area contributed by atoms with Gasteiger partial charge in [0, 0.05) is 20.6 Å². The van der Waals surface area contributed by atoms with E-state index in [0.29, 0.717) is 22.9 Å². The second-order valence-electron chi connectivity index (χ2n) is 7.37. The van der Waals surface area contributed by atoms with Crippen LogP contribution in [-0.4, -0.2) is 40.4 Å². The van der Waals surface area contributed by atoms with E-state index < -0.39 is 0 Å². The highest BCUT2D eigenvalue weighted by Crippen LogP contribution is 2.30. The summed E-state index contributed by atoms with van der Waals surface area (Å²) in [6.07, 6.45) is 0. The number of hydrogen-bond donors (Lipinski definition) is 1. The Hall–Kier alpha value is -2.02. The Bertz CT molecular complexity index is 952. The SMILES string of the molecule is C[C@@H]1CN(c2nc(-c3ccc(Cl)cc3)nnc2-c2ccc(Br)cc2)C[C@@H](C)[NH2+]1. The molecule has 0 aliphatic carbocycles. The fourth-order valence-electron chi connectivity index (χ4n) is 3.68. The molecule has 1 aromatic heterocycles. The van der Waals surface area contributed by atoms with E-state index in [1.807, 2.05) is 48.5 Å². The normalized spacial score (nSPS) is 19.6. The Morgan fingerprint density at radius 1 is 0.929 bits per heavy atom. The number of nitrogens with two attached hydrogens (primary N) is 1. The Morgan fingerprint density at radius 3 is 2.18 bits per heavy atom. The molecule has 1 aliphatic heterocycles. The lowest BCUT2D eigenvalue weighted by atomic mass is 10.1. The molecule has 3 aromatic rings. The molecule has 2 heterocycles. The van der Waals surface area contributed by atoms with E-state index in [9.17, 15) is 0 Å². The third-order valence-corrected chi connectivity index (χ3v) is 5.64. The minimum Gasteiger partial charge on any atom is -0.343 e. The van der Waals surface area contributed by atoms with Crippen molar-refractivity contribution in [3.8, 4) is 22.6 Å². The first kappa shape index (κ1) is 19.3. The molecule has 7 heteroatoms. The van der Waals surface area contributed by atoms with Crippen LogP contribution in [-0.2, 0) is 0 Å². The van der Waals surface area contributed by atoms with Crippen molar-refractivity contribution >= 4 is 33.3 Å². The van der Waals surface area contributed by atoms with Crippen LogP contribution in [0.4, 0.5) is 5.82 Å². The quantitative estimate of drug-likeness (QED) is 0.647. The van der Waals surface area contributed by atoms with E-state index in [0.717, 1.165) is 40.2 Å². The van der Waals surface area contributed by atoms with E-state index >= 15 is 0 Å². The molecule has 2 N–H and O–H groups in total. The van der Waals surface area contributed by atoms with Crippen molar-refractivity contribution < 1.29 is 5.32 Å². The van der Waals surface area contributed by atoms with Crippen LogP contribution in [0.2, 0.25) is 5.02 Å². The number of quaternary nitrogens is 1. The van der Waals surface area contributed by atoms with E-state index in [4.69, 9.17) is 16.6 Å². The second kappa shape index (κ2) is 8.15. The highest BCUT2D eigenvalue weighted by molar-refractivity contribution is 9.10. The number of benzene rings is 2. The maximum Gasteiger partial charge on any atom is 0.183 e. The van der Waals surface area contributed by atoms with E-state index in [-0.39, 0.29) is 0 Å². The summed E-state index contributed by atoms with van der Waals surface area (Å²) in [5.74, 6) is 1.50. The fraction of sp³-hybridized carbons (Fsp3) is 0.286. The molecule has 0 radical (unpaired) electrons. The van der Waals surface area contributed by atoms with E-state index in [2.05, 4.69) is 50.2 Å². The Morgan fingerprint density at radius 2 is 1.54 bits per heavy atom. The summed E-state index contributed by atoms with van der Waals surface area (Å²) in [5.41, 5.74) is 2.73. The van der Waals surface area contributed by atoms with Crippen LogP contribution in [0.5, 0.6) is 0 Å². The van der Waals surface area contributed by atoms with Gasteiger partial charge in [0.25, 0.3) is 0 Å². The third kappa shape index (κ3) is 4.19. The van der Waals surface area contributed by atoms with Crippen LogP contribution in [0.1, 0.15) is 13.8 Å². The molecule has 4 rings (SSSR count). The number of nitrogens with zero attached hydrogens (tertiary/aromatic N) is 4. The van der Waals surface area contributed by atoms with Gasteiger partial charge in [-0.05, 0) is 50.2 Å². The molecule has 0 saturated carbocycles. The molecular formula is C21H22BrClN5+. The number of aromatic nitrogens is 3. The third-order valence-electron chi connectivity index (χ3n) is 4.86. The minimum absolute atomic E-state index is 0.496. The van der Waals surface area contributed by atoms with Crippen molar-refractivity contribution in [2.45, 2.75) is 25.9 Å². The van der Waals surface area contributed by atoms with Crippen molar-refractivity contribution in [2.75, 3.05) is 18.0 Å². The molecule has 144 valence electrons. The molecule has 0 amide bonds. The highest BCUT2D eigenvalue weighted by atomic mass is 79.9. The number of halogens is 2. The molecule has 1 aliphatic rings. The summed E-state index contributed by atoms with van der Waals surface area (Å²) in [7, 11) is 0. The van der Waals surface area contributed by atoms with Crippen molar-refractivity contribution in [1.29, 1.82) is 0 Å². The van der Waals surface area contributed by atoms with Crippen molar-refractivity contribution in [3.63, 3.8) is 0 Å². The van der Waals surface area contributed by atoms with Gasteiger partial charge in [-0.25, -0.2) is 4.98 Å². The zero-order chi connectivity index (χ0) is 19.7. The molecule has 28 heavy (non-hydrogen) atoms. The molecule has 5 nitrogen and oxygen atoms in total. The topological polar surface area (TPSA) is 58.5 Å². The van der Waals surface area contributed by atoms with Crippen LogP contribution in [0, 0.1) is 0 Å². The summed E-state index contributed by atoms with van der Waals surface area (Å²) in [6, 6.07) is 16.7. The molecule has 1 saturated heterocycles. The van der Waals surface area contributed by atoms with Crippen molar-refractivity contribution in [3.05, 3.63) is 58.0 Å². The summed E-state index contributed by atoms with van der Waals surface area (Å²) in [6.45, 7) is 6.34. The van der Waals surface area contributed by atoms with E-state index in [1.165, 1.54) is 0 Å². The van der Waals surface area contributed by atoms with Crippen LogP contribution < -0.4 is 10.2 Å². The first-order chi connectivity index (χ1) is 13.5. The molecule has 0 spiro atoms. The smallest absolute Gasteiger partial charge is 0.183 e. The maximum absolute atomic E-state index is 6.03. The lowest BCUT2D eigenvalue weighted by molar-refractivity contribution is -0.716. The van der Waals surface area contributed by atoms with Gasteiger partial charge in [0.2, 0.25) is 0 Å². The molecule has 0 bridgehead atoms. The summed E-state index contributed by atoms with van der Waals surface area (Å²) < 4.78 is 1.03. The second-order valence-corrected chi connectivity index (χ2v) is 8.73. The van der Waals surface area contributed by atoms with Gasteiger partial charge < -0.3 is 10.2 Å². The average Bonchev–Trinajstić information content (AvgIpc) is 2.68. The van der Waals surface area contributed by atoms with E-state index in [1.54, 1.807) is 0 Å². The fourth-order valence-corrected chi connectivity index (χ4v) is 4.07. The number of anilines is 1. The summed E-state index contributed by atoms with van der Waals surface area (Å²) in [4.78, 5) is 7.28. The molecular weight excluding hydrogens is 438 g/mol. The molecule has 1 fully saturated rings. The van der Waals surface area contributed by atoms with Crippen LogP contribution in [0.15, 0.2) is 53.0 Å². The van der Waals surface area contributed by atoms with Gasteiger partial charge in [-0.15, -0.1) is 10.2 Å².